The molecule has 0 radical (unpaired) electrons. The molecule has 0 amide bonds. The van der Waals surface area contributed by atoms with Gasteiger partial charge in [-0.2, -0.15) is 13.8 Å². The van der Waals surface area contributed by atoms with Crippen molar-refractivity contribution in [2.75, 3.05) is 0 Å². The molecule has 0 aromatic carbocycles. The van der Waals surface area contributed by atoms with E-state index in [1.54, 1.807) is 0 Å². The fourth-order valence-corrected chi connectivity index (χ4v) is 1.96. The SMILES string of the molecule is C[C@@H]1C[C@@H]1c1nc(Cc2nccn2C(F)F)no1. The van der Waals surface area contributed by atoms with Gasteiger partial charge in [0, 0.05) is 18.3 Å². The van der Waals surface area contributed by atoms with E-state index in [9.17, 15) is 8.78 Å². The molecule has 1 aliphatic carbocycles. The summed E-state index contributed by atoms with van der Waals surface area (Å²) in [6, 6.07) is 0. The molecule has 2 heterocycles. The van der Waals surface area contributed by atoms with Crippen LogP contribution in [0.3, 0.4) is 0 Å². The smallest absolute Gasteiger partial charge is 0.319 e. The van der Waals surface area contributed by atoms with E-state index in [-0.39, 0.29) is 12.2 Å². The maximum absolute atomic E-state index is 12.6. The van der Waals surface area contributed by atoms with Gasteiger partial charge in [0.2, 0.25) is 5.89 Å². The van der Waals surface area contributed by atoms with Crippen LogP contribution in [0.2, 0.25) is 0 Å². The number of alkyl halides is 2. The van der Waals surface area contributed by atoms with Crippen LogP contribution >= 0.6 is 0 Å². The molecule has 0 aliphatic heterocycles. The Hall–Kier alpha value is -1.79. The van der Waals surface area contributed by atoms with Crippen molar-refractivity contribution in [2.24, 2.45) is 5.92 Å². The first-order valence-electron chi connectivity index (χ1n) is 5.77. The Kier molecular flexibility index (Phi) is 2.61. The fraction of sp³-hybridized carbons (Fsp3) is 0.545. The number of rotatable bonds is 4. The lowest BCUT2D eigenvalue weighted by Gasteiger charge is -2.03. The van der Waals surface area contributed by atoms with Gasteiger partial charge in [0.1, 0.15) is 5.82 Å². The molecular weight excluding hydrogens is 242 g/mol. The summed E-state index contributed by atoms with van der Waals surface area (Å²) in [5.41, 5.74) is 0. The molecule has 1 saturated carbocycles. The molecule has 0 saturated heterocycles. The summed E-state index contributed by atoms with van der Waals surface area (Å²) in [6.45, 7) is -0.491. The Morgan fingerprint density at radius 3 is 3.00 bits per heavy atom. The van der Waals surface area contributed by atoms with Gasteiger partial charge in [0.15, 0.2) is 5.82 Å². The number of aromatic nitrogens is 4. The van der Waals surface area contributed by atoms with Crippen LogP contribution in [-0.2, 0) is 6.42 Å². The highest BCUT2D eigenvalue weighted by Crippen LogP contribution is 2.46. The third-order valence-electron chi connectivity index (χ3n) is 3.19. The van der Waals surface area contributed by atoms with Crippen LogP contribution in [0.25, 0.3) is 0 Å². The Bertz CT molecular complexity index is 551. The molecule has 18 heavy (non-hydrogen) atoms. The topological polar surface area (TPSA) is 56.7 Å². The van der Waals surface area contributed by atoms with Gasteiger partial charge in [-0.05, 0) is 12.3 Å². The molecule has 0 spiro atoms. The minimum atomic E-state index is -2.60. The zero-order valence-electron chi connectivity index (χ0n) is 9.75. The van der Waals surface area contributed by atoms with Gasteiger partial charge in [-0.1, -0.05) is 12.1 Å². The molecular formula is C11H12F2N4O. The van der Waals surface area contributed by atoms with Gasteiger partial charge in [-0.25, -0.2) is 4.98 Å². The predicted octanol–water partition coefficient (Wildman–Crippen LogP) is 2.38. The summed E-state index contributed by atoms with van der Waals surface area (Å²) in [5, 5.41) is 3.80. The second kappa shape index (κ2) is 4.15. The van der Waals surface area contributed by atoms with Crippen LogP contribution in [0.1, 0.15) is 43.4 Å². The van der Waals surface area contributed by atoms with Gasteiger partial charge >= 0.3 is 6.55 Å². The lowest BCUT2D eigenvalue weighted by atomic mass is 10.3. The van der Waals surface area contributed by atoms with Crippen molar-refractivity contribution in [3.05, 3.63) is 29.9 Å². The Morgan fingerprint density at radius 2 is 2.33 bits per heavy atom. The quantitative estimate of drug-likeness (QED) is 0.840. The third-order valence-corrected chi connectivity index (χ3v) is 3.19. The van der Waals surface area contributed by atoms with E-state index in [1.807, 2.05) is 0 Å². The molecule has 7 heteroatoms. The summed E-state index contributed by atoms with van der Waals surface area (Å²) in [7, 11) is 0. The van der Waals surface area contributed by atoms with Crippen LogP contribution in [0.5, 0.6) is 0 Å². The normalized spacial score (nSPS) is 22.7. The maximum Gasteiger partial charge on any atom is 0.319 e. The largest absolute Gasteiger partial charge is 0.339 e. The minimum absolute atomic E-state index is 0.155. The van der Waals surface area contributed by atoms with Crippen LogP contribution < -0.4 is 0 Å². The van der Waals surface area contributed by atoms with E-state index < -0.39 is 6.55 Å². The molecule has 1 fully saturated rings. The number of hydrogen-bond donors (Lipinski definition) is 0. The molecule has 5 nitrogen and oxygen atoms in total. The van der Waals surface area contributed by atoms with Crippen molar-refractivity contribution in [3.8, 4) is 0 Å². The van der Waals surface area contributed by atoms with E-state index >= 15 is 0 Å². The van der Waals surface area contributed by atoms with E-state index in [0.717, 1.165) is 11.0 Å². The molecule has 1 aliphatic rings. The van der Waals surface area contributed by atoms with Crippen LogP contribution in [-0.4, -0.2) is 19.7 Å². The average Bonchev–Trinajstić information content (AvgIpc) is 2.80. The molecule has 2 aromatic rings. The Labute approximate surface area is 102 Å². The van der Waals surface area contributed by atoms with Gasteiger partial charge < -0.3 is 4.52 Å². The number of imidazole rings is 1. The summed E-state index contributed by atoms with van der Waals surface area (Å²) >= 11 is 0. The van der Waals surface area contributed by atoms with Crippen molar-refractivity contribution in [3.63, 3.8) is 0 Å². The summed E-state index contributed by atoms with van der Waals surface area (Å²) < 4.78 is 31.2. The molecule has 0 bridgehead atoms. The summed E-state index contributed by atoms with van der Waals surface area (Å²) in [6.07, 6.45) is 3.78. The fourth-order valence-electron chi connectivity index (χ4n) is 1.96. The first kappa shape index (κ1) is 11.3. The van der Waals surface area contributed by atoms with Crippen LogP contribution in [0.15, 0.2) is 16.9 Å². The predicted molar refractivity (Wildman–Crippen MR) is 57.1 cm³/mol. The van der Waals surface area contributed by atoms with Gasteiger partial charge in [-0.15, -0.1) is 0 Å². The van der Waals surface area contributed by atoms with Crippen molar-refractivity contribution >= 4 is 0 Å². The number of halogens is 2. The second-order valence-corrected chi connectivity index (χ2v) is 4.57. The molecule has 2 atom stereocenters. The Balaban J connectivity index is 1.76. The second-order valence-electron chi connectivity index (χ2n) is 4.57. The first-order valence-corrected chi connectivity index (χ1v) is 5.77. The number of nitrogens with zero attached hydrogens (tertiary/aromatic N) is 4. The lowest BCUT2D eigenvalue weighted by Crippen LogP contribution is -2.05. The van der Waals surface area contributed by atoms with Crippen molar-refractivity contribution in [2.45, 2.75) is 32.2 Å². The Morgan fingerprint density at radius 1 is 1.56 bits per heavy atom. The standard InChI is InChI=1S/C11H12F2N4O/c1-6-4-7(6)10-15-8(16-18-10)5-9-14-2-3-17(9)11(12)13/h2-3,6-7,11H,4-5H2,1H3/t6-,7+/m1/s1. The molecule has 96 valence electrons. The molecule has 2 aromatic heterocycles. The van der Waals surface area contributed by atoms with Crippen molar-refractivity contribution in [1.82, 2.24) is 19.7 Å². The van der Waals surface area contributed by atoms with E-state index in [0.29, 0.717) is 23.6 Å². The highest BCUT2D eigenvalue weighted by atomic mass is 19.3. The average molecular weight is 254 g/mol. The van der Waals surface area contributed by atoms with Crippen LogP contribution in [0.4, 0.5) is 8.78 Å². The monoisotopic (exact) mass is 254 g/mol. The minimum Gasteiger partial charge on any atom is -0.339 e. The third kappa shape index (κ3) is 2.00. The van der Waals surface area contributed by atoms with Gasteiger partial charge in [0.05, 0.1) is 6.42 Å². The lowest BCUT2D eigenvalue weighted by molar-refractivity contribution is 0.0673. The van der Waals surface area contributed by atoms with Crippen LogP contribution in [0, 0.1) is 5.92 Å². The van der Waals surface area contributed by atoms with E-state index in [2.05, 4.69) is 22.0 Å². The summed E-state index contributed by atoms with van der Waals surface area (Å²) in [5.74, 6) is 2.15. The zero-order valence-corrected chi connectivity index (χ0v) is 9.75. The molecule has 0 unspecified atom stereocenters. The van der Waals surface area contributed by atoms with Gasteiger partial charge in [-0.3, -0.25) is 4.57 Å². The van der Waals surface area contributed by atoms with E-state index in [4.69, 9.17) is 4.52 Å². The summed E-state index contributed by atoms with van der Waals surface area (Å²) in [4.78, 5) is 8.10. The van der Waals surface area contributed by atoms with Crippen molar-refractivity contribution in [1.29, 1.82) is 0 Å². The molecule has 3 rings (SSSR count). The van der Waals surface area contributed by atoms with E-state index in [1.165, 1.54) is 12.4 Å². The maximum atomic E-state index is 12.6. The number of hydrogen-bond acceptors (Lipinski definition) is 4. The highest BCUT2D eigenvalue weighted by molar-refractivity contribution is 5.08. The first-order chi connectivity index (χ1) is 8.65. The van der Waals surface area contributed by atoms with Crippen molar-refractivity contribution < 1.29 is 13.3 Å². The molecule has 0 N–H and O–H groups in total. The van der Waals surface area contributed by atoms with Gasteiger partial charge in [0.25, 0.3) is 0 Å². The highest BCUT2D eigenvalue weighted by Gasteiger charge is 2.38. The zero-order chi connectivity index (χ0) is 12.7.